The molecule has 1 saturated heterocycles. The summed E-state index contributed by atoms with van der Waals surface area (Å²) in [5, 5.41) is 19.9. The number of hydrogen-bond donors (Lipinski definition) is 4. The van der Waals surface area contributed by atoms with Crippen molar-refractivity contribution in [1.29, 1.82) is 0 Å². The van der Waals surface area contributed by atoms with E-state index in [1.165, 1.54) is 18.2 Å². The minimum Gasteiger partial charge on any atom is -0.393 e. The van der Waals surface area contributed by atoms with E-state index >= 15 is 4.39 Å². The molecule has 2 aliphatic heterocycles. The third-order valence-electron chi connectivity index (χ3n) is 7.66. The van der Waals surface area contributed by atoms with E-state index in [1.807, 2.05) is 0 Å². The zero-order chi connectivity index (χ0) is 26.0. The minimum atomic E-state index is -1.28. The van der Waals surface area contributed by atoms with Gasteiger partial charge in [0.2, 0.25) is 11.8 Å². The van der Waals surface area contributed by atoms with Crippen molar-refractivity contribution >= 4 is 40.7 Å². The summed E-state index contributed by atoms with van der Waals surface area (Å²) in [6, 6.07) is 7.88. The Balaban J connectivity index is 1.71. The number of carbonyl (C=O) groups is 2. The van der Waals surface area contributed by atoms with Crippen LogP contribution in [-0.2, 0) is 15.0 Å². The van der Waals surface area contributed by atoms with Crippen LogP contribution in [0.5, 0.6) is 0 Å². The molecule has 192 valence electrons. The molecule has 6 nitrogen and oxygen atoms in total. The highest BCUT2D eigenvalue weighted by Crippen LogP contribution is 2.57. The molecule has 1 spiro atoms. The second-order valence-corrected chi connectivity index (χ2v) is 12.3. The number of nitrogens with one attached hydrogen (secondary N) is 3. The summed E-state index contributed by atoms with van der Waals surface area (Å²) in [4.78, 5) is 27.7. The summed E-state index contributed by atoms with van der Waals surface area (Å²) < 4.78 is 15.5. The zero-order valence-corrected chi connectivity index (χ0v) is 21.9. The van der Waals surface area contributed by atoms with Crippen molar-refractivity contribution in [1.82, 2.24) is 10.6 Å². The van der Waals surface area contributed by atoms with Crippen molar-refractivity contribution in [2.24, 2.45) is 5.41 Å². The fourth-order valence-corrected chi connectivity index (χ4v) is 6.49. The maximum absolute atomic E-state index is 15.5. The molecule has 9 heteroatoms. The van der Waals surface area contributed by atoms with Crippen molar-refractivity contribution < 1.29 is 19.1 Å². The number of fused-ring (bicyclic) bond motifs is 2. The topological polar surface area (TPSA) is 90.5 Å². The van der Waals surface area contributed by atoms with Crippen LogP contribution in [0.25, 0.3) is 0 Å². The monoisotopic (exact) mass is 533 g/mol. The summed E-state index contributed by atoms with van der Waals surface area (Å²) in [5.74, 6) is -2.05. The Morgan fingerprint density at radius 1 is 1.17 bits per heavy atom. The summed E-state index contributed by atoms with van der Waals surface area (Å²) in [5.41, 5.74) is -0.0414. The van der Waals surface area contributed by atoms with Crippen LogP contribution in [0.4, 0.5) is 10.1 Å². The van der Waals surface area contributed by atoms with E-state index in [4.69, 9.17) is 23.2 Å². The number of hydrogen-bond acceptors (Lipinski definition) is 4. The van der Waals surface area contributed by atoms with Gasteiger partial charge in [-0.25, -0.2) is 4.39 Å². The highest BCUT2D eigenvalue weighted by atomic mass is 35.5. The van der Waals surface area contributed by atoms with Crippen LogP contribution in [0.1, 0.15) is 57.1 Å². The lowest BCUT2D eigenvalue weighted by Crippen LogP contribution is -2.53. The minimum absolute atomic E-state index is 0.166. The van der Waals surface area contributed by atoms with E-state index in [2.05, 4.69) is 36.7 Å². The van der Waals surface area contributed by atoms with Gasteiger partial charge in [0.1, 0.15) is 11.2 Å². The fourth-order valence-electron chi connectivity index (χ4n) is 6.14. The summed E-state index contributed by atoms with van der Waals surface area (Å²) in [7, 11) is 0. The Morgan fingerprint density at radius 2 is 1.83 bits per heavy atom. The van der Waals surface area contributed by atoms with Crippen LogP contribution in [0.3, 0.4) is 0 Å². The van der Waals surface area contributed by atoms with Gasteiger partial charge in [0.25, 0.3) is 0 Å². The molecule has 36 heavy (non-hydrogen) atoms. The predicted molar refractivity (Wildman–Crippen MR) is 138 cm³/mol. The highest BCUT2D eigenvalue weighted by Gasteiger charge is 2.66. The molecule has 4 atom stereocenters. The Kier molecular flexibility index (Phi) is 6.35. The second-order valence-electron chi connectivity index (χ2n) is 11.4. The van der Waals surface area contributed by atoms with Crippen LogP contribution in [0.2, 0.25) is 10.0 Å². The van der Waals surface area contributed by atoms with Gasteiger partial charge in [-0.1, -0.05) is 50.0 Å². The summed E-state index contributed by atoms with van der Waals surface area (Å²) in [6.07, 6.45) is 1.04. The van der Waals surface area contributed by atoms with Gasteiger partial charge in [-0.05, 0) is 66.1 Å². The van der Waals surface area contributed by atoms with Gasteiger partial charge in [-0.2, -0.15) is 0 Å². The molecular formula is C27H30Cl2FN3O3. The first-order chi connectivity index (χ1) is 16.9. The van der Waals surface area contributed by atoms with Gasteiger partial charge >= 0.3 is 0 Å². The number of aliphatic hydroxyl groups excluding tert-OH is 1. The SMILES string of the molecule is CC(C)(C)CC1NC(C(=O)NC2CC(O)C2)C(c2cc(Cl)ccc2F)C12C(=O)Nc1cc(Cl)ccc12. The molecule has 0 bridgehead atoms. The quantitative estimate of drug-likeness (QED) is 0.465. The van der Waals surface area contributed by atoms with E-state index in [-0.39, 0.29) is 28.8 Å². The number of amides is 2. The molecule has 4 unspecified atom stereocenters. The molecular weight excluding hydrogens is 504 g/mol. The van der Waals surface area contributed by atoms with Crippen molar-refractivity contribution in [3.63, 3.8) is 0 Å². The smallest absolute Gasteiger partial charge is 0.238 e. The summed E-state index contributed by atoms with van der Waals surface area (Å²) in [6.45, 7) is 6.20. The third-order valence-corrected chi connectivity index (χ3v) is 8.13. The Labute approximate surface area is 219 Å². The Bertz CT molecular complexity index is 1230. The lowest BCUT2D eigenvalue weighted by Gasteiger charge is -2.38. The number of benzene rings is 2. The summed E-state index contributed by atoms with van der Waals surface area (Å²) >= 11 is 12.6. The maximum Gasteiger partial charge on any atom is 0.238 e. The molecule has 1 aliphatic carbocycles. The predicted octanol–water partition coefficient (Wildman–Crippen LogP) is 4.52. The first kappa shape index (κ1) is 25.5. The highest BCUT2D eigenvalue weighted by molar-refractivity contribution is 6.31. The van der Waals surface area contributed by atoms with Crippen molar-refractivity contribution in [2.45, 2.75) is 75.6 Å². The average molecular weight is 534 g/mol. The molecule has 3 aliphatic rings. The van der Waals surface area contributed by atoms with Gasteiger partial charge in [0.15, 0.2) is 0 Å². The van der Waals surface area contributed by atoms with E-state index < -0.39 is 35.3 Å². The number of aliphatic hydroxyl groups is 1. The van der Waals surface area contributed by atoms with Gasteiger partial charge in [0, 0.05) is 33.7 Å². The number of halogens is 3. The van der Waals surface area contributed by atoms with Gasteiger partial charge in [-0.3, -0.25) is 9.59 Å². The number of rotatable bonds is 4. The molecule has 2 aromatic carbocycles. The molecule has 0 aromatic heterocycles. The van der Waals surface area contributed by atoms with Crippen LogP contribution in [0.15, 0.2) is 36.4 Å². The fraction of sp³-hybridized carbons (Fsp3) is 0.481. The van der Waals surface area contributed by atoms with E-state index in [0.717, 1.165) is 0 Å². The van der Waals surface area contributed by atoms with Crippen molar-refractivity contribution in [3.8, 4) is 0 Å². The molecule has 1 saturated carbocycles. The van der Waals surface area contributed by atoms with E-state index in [9.17, 15) is 14.7 Å². The molecule has 4 N–H and O–H groups in total. The van der Waals surface area contributed by atoms with E-state index in [1.54, 1.807) is 18.2 Å². The van der Waals surface area contributed by atoms with Crippen LogP contribution in [0, 0.1) is 11.2 Å². The molecule has 5 rings (SSSR count). The molecule has 2 amide bonds. The Hall–Kier alpha value is -2.19. The average Bonchev–Trinajstić information content (AvgIpc) is 3.23. The molecule has 0 radical (unpaired) electrons. The normalized spacial score (nSPS) is 31.2. The van der Waals surface area contributed by atoms with Gasteiger partial charge in [-0.15, -0.1) is 0 Å². The molecule has 2 heterocycles. The largest absolute Gasteiger partial charge is 0.393 e. The third kappa shape index (κ3) is 4.20. The standard InChI is InChI=1S/C27H30Cl2FN3O3/c1-26(2,3)12-21-27(18-6-4-14(29)9-20(18)32-25(27)36)22(17-8-13(28)5-7-19(17)30)23(33-21)24(35)31-15-10-16(34)11-15/h4-9,15-16,21-23,33-34H,10-12H2,1-3H3,(H,31,35)(H,32,36). The van der Waals surface area contributed by atoms with Crippen LogP contribution < -0.4 is 16.0 Å². The van der Waals surface area contributed by atoms with Gasteiger partial charge in [0.05, 0.1) is 12.1 Å². The lowest BCUT2D eigenvalue weighted by atomic mass is 9.62. The number of anilines is 1. The van der Waals surface area contributed by atoms with Crippen molar-refractivity contribution in [3.05, 3.63) is 63.4 Å². The van der Waals surface area contributed by atoms with Gasteiger partial charge < -0.3 is 21.1 Å². The first-order valence-corrected chi connectivity index (χ1v) is 13.0. The zero-order valence-electron chi connectivity index (χ0n) is 20.4. The number of carbonyl (C=O) groups excluding carboxylic acids is 2. The van der Waals surface area contributed by atoms with Crippen LogP contribution >= 0.6 is 23.2 Å². The van der Waals surface area contributed by atoms with E-state index in [0.29, 0.717) is 40.6 Å². The van der Waals surface area contributed by atoms with Crippen LogP contribution in [-0.4, -0.2) is 41.2 Å². The Morgan fingerprint density at radius 3 is 2.50 bits per heavy atom. The molecule has 2 aromatic rings. The maximum atomic E-state index is 15.5. The first-order valence-electron chi connectivity index (χ1n) is 12.2. The van der Waals surface area contributed by atoms with Crippen molar-refractivity contribution in [2.75, 3.05) is 5.32 Å². The second kappa shape index (κ2) is 8.98. The molecule has 2 fully saturated rings. The lowest BCUT2D eigenvalue weighted by molar-refractivity contribution is -0.125.